The van der Waals surface area contributed by atoms with Gasteiger partial charge < -0.3 is 10.4 Å². The fraction of sp³-hybridized carbons (Fsp3) is 0.333. The third kappa shape index (κ3) is 2.59. The molecule has 16 heavy (non-hydrogen) atoms. The molecule has 0 unspecified atom stereocenters. The first-order valence-corrected chi connectivity index (χ1v) is 5.11. The standard InChI is InChI=1S/C12H16N2O2/c1-8(2)10-4-6-11(7-5-10)12(14-16)9(3)13-15/h4-8,15-16H,1-3H3/b13-9+,14-12-. The second-order valence-electron chi connectivity index (χ2n) is 3.91. The first kappa shape index (κ1) is 12.2. The molecule has 0 aliphatic carbocycles. The molecule has 0 aromatic heterocycles. The highest BCUT2D eigenvalue weighted by molar-refractivity contribution is 6.47. The summed E-state index contributed by atoms with van der Waals surface area (Å²) < 4.78 is 0. The van der Waals surface area contributed by atoms with Crippen molar-refractivity contribution in [3.63, 3.8) is 0 Å². The Balaban J connectivity index is 3.06. The predicted molar refractivity (Wildman–Crippen MR) is 63.8 cm³/mol. The minimum absolute atomic E-state index is 0.276. The Bertz CT molecular complexity index is 406. The van der Waals surface area contributed by atoms with Gasteiger partial charge in [-0.3, -0.25) is 0 Å². The van der Waals surface area contributed by atoms with Crippen LogP contribution in [0, 0.1) is 0 Å². The zero-order valence-corrected chi connectivity index (χ0v) is 9.68. The summed E-state index contributed by atoms with van der Waals surface area (Å²) in [5, 5.41) is 23.6. The van der Waals surface area contributed by atoms with E-state index in [4.69, 9.17) is 10.4 Å². The molecule has 4 nitrogen and oxygen atoms in total. The van der Waals surface area contributed by atoms with Gasteiger partial charge in [-0.15, -0.1) is 0 Å². The molecule has 0 bridgehead atoms. The highest BCUT2D eigenvalue weighted by Gasteiger charge is 2.09. The smallest absolute Gasteiger partial charge is 0.134 e. The van der Waals surface area contributed by atoms with Crippen molar-refractivity contribution in [3.05, 3.63) is 35.4 Å². The molecule has 2 N–H and O–H groups in total. The molecule has 0 saturated carbocycles. The Kier molecular flexibility index (Phi) is 4.05. The number of nitrogens with zero attached hydrogens (tertiary/aromatic N) is 2. The fourth-order valence-corrected chi connectivity index (χ4v) is 1.41. The molecular formula is C12H16N2O2. The lowest BCUT2D eigenvalue weighted by atomic mass is 9.99. The highest BCUT2D eigenvalue weighted by Crippen LogP contribution is 2.15. The van der Waals surface area contributed by atoms with E-state index in [1.165, 1.54) is 5.56 Å². The van der Waals surface area contributed by atoms with Gasteiger partial charge in [0.25, 0.3) is 0 Å². The molecule has 0 atom stereocenters. The molecule has 0 heterocycles. The molecular weight excluding hydrogens is 204 g/mol. The van der Waals surface area contributed by atoms with Crippen LogP contribution in [-0.2, 0) is 0 Å². The van der Waals surface area contributed by atoms with Crippen LogP contribution in [0.4, 0.5) is 0 Å². The summed E-state index contributed by atoms with van der Waals surface area (Å²) in [6.45, 7) is 5.79. The second kappa shape index (κ2) is 5.30. The van der Waals surface area contributed by atoms with Crippen molar-refractivity contribution in [2.75, 3.05) is 0 Å². The Labute approximate surface area is 94.9 Å². The monoisotopic (exact) mass is 220 g/mol. The van der Waals surface area contributed by atoms with Gasteiger partial charge in [-0.1, -0.05) is 48.4 Å². The highest BCUT2D eigenvalue weighted by atomic mass is 16.4. The summed E-state index contributed by atoms with van der Waals surface area (Å²) in [7, 11) is 0. The Morgan fingerprint density at radius 2 is 1.62 bits per heavy atom. The SMILES string of the molecule is CC(=N\O)/C(=N/O)c1ccc(C(C)C)cc1. The van der Waals surface area contributed by atoms with E-state index in [0.717, 1.165) is 5.56 Å². The number of hydrogen-bond acceptors (Lipinski definition) is 4. The molecule has 0 fully saturated rings. The zero-order chi connectivity index (χ0) is 12.1. The van der Waals surface area contributed by atoms with Gasteiger partial charge in [-0.2, -0.15) is 0 Å². The van der Waals surface area contributed by atoms with Crippen LogP contribution >= 0.6 is 0 Å². The molecule has 0 radical (unpaired) electrons. The third-order valence-electron chi connectivity index (χ3n) is 2.44. The minimum atomic E-state index is 0.276. The average Bonchev–Trinajstić information content (AvgIpc) is 2.30. The lowest BCUT2D eigenvalue weighted by Crippen LogP contribution is -2.12. The first-order chi connectivity index (χ1) is 7.60. The van der Waals surface area contributed by atoms with Crippen LogP contribution in [0.3, 0.4) is 0 Å². The van der Waals surface area contributed by atoms with Crippen LogP contribution in [0.15, 0.2) is 34.6 Å². The van der Waals surface area contributed by atoms with Crippen LogP contribution in [0.5, 0.6) is 0 Å². The van der Waals surface area contributed by atoms with Crippen LogP contribution in [0.2, 0.25) is 0 Å². The summed E-state index contributed by atoms with van der Waals surface area (Å²) in [5.74, 6) is 0.455. The average molecular weight is 220 g/mol. The second-order valence-corrected chi connectivity index (χ2v) is 3.91. The number of oxime groups is 2. The molecule has 1 aromatic carbocycles. The van der Waals surface area contributed by atoms with Crippen LogP contribution in [0.25, 0.3) is 0 Å². The van der Waals surface area contributed by atoms with E-state index in [0.29, 0.717) is 5.92 Å². The molecule has 0 amide bonds. The van der Waals surface area contributed by atoms with E-state index in [-0.39, 0.29) is 11.4 Å². The van der Waals surface area contributed by atoms with Gasteiger partial charge in [0, 0.05) is 5.56 Å². The number of rotatable bonds is 3. The van der Waals surface area contributed by atoms with Gasteiger partial charge in [0.2, 0.25) is 0 Å². The maximum atomic E-state index is 8.86. The minimum Gasteiger partial charge on any atom is -0.411 e. The van der Waals surface area contributed by atoms with Crippen molar-refractivity contribution in [2.24, 2.45) is 10.3 Å². The molecule has 4 heteroatoms. The largest absolute Gasteiger partial charge is 0.411 e. The maximum absolute atomic E-state index is 8.86. The molecule has 0 aliphatic rings. The summed E-state index contributed by atoms with van der Waals surface area (Å²) in [6, 6.07) is 7.63. The summed E-state index contributed by atoms with van der Waals surface area (Å²) in [4.78, 5) is 0. The lowest BCUT2D eigenvalue weighted by molar-refractivity contribution is 0.314. The van der Waals surface area contributed by atoms with Crippen molar-refractivity contribution in [1.82, 2.24) is 0 Å². The van der Waals surface area contributed by atoms with Gasteiger partial charge in [0.05, 0.1) is 0 Å². The van der Waals surface area contributed by atoms with Crippen molar-refractivity contribution in [1.29, 1.82) is 0 Å². The lowest BCUT2D eigenvalue weighted by Gasteiger charge is -2.07. The quantitative estimate of drug-likeness (QED) is 0.467. The van der Waals surface area contributed by atoms with Crippen LogP contribution < -0.4 is 0 Å². The third-order valence-corrected chi connectivity index (χ3v) is 2.44. The van der Waals surface area contributed by atoms with Crippen LogP contribution in [-0.4, -0.2) is 21.8 Å². The first-order valence-electron chi connectivity index (χ1n) is 5.11. The summed E-state index contributed by atoms with van der Waals surface area (Å²) in [6.07, 6.45) is 0. The maximum Gasteiger partial charge on any atom is 0.134 e. The number of benzene rings is 1. The van der Waals surface area contributed by atoms with E-state index in [2.05, 4.69) is 24.2 Å². The van der Waals surface area contributed by atoms with Gasteiger partial charge in [0.1, 0.15) is 11.4 Å². The summed E-state index contributed by atoms with van der Waals surface area (Å²) in [5.41, 5.74) is 2.49. The van der Waals surface area contributed by atoms with Crippen molar-refractivity contribution in [2.45, 2.75) is 26.7 Å². The normalized spacial score (nSPS) is 13.2. The van der Waals surface area contributed by atoms with Crippen molar-refractivity contribution < 1.29 is 10.4 Å². The van der Waals surface area contributed by atoms with Crippen molar-refractivity contribution >= 4 is 11.4 Å². The van der Waals surface area contributed by atoms with E-state index in [1.54, 1.807) is 6.92 Å². The molecule has 0 spiro atoms. The van der Waals surface area contributed by atoms with Gasteiger partial charge in [-0.05, 0) is 18.4 Å². The molecule has 0 saturated heterocycles. The van der Waals surface area contributed by atoms with E-state index >= 15 is 0 Å². The Morgan fingerprint density at radius 1 is 1.06 bits per heavy atom. The Hall–Kier alpha value is -1.84. The van der Waals surface area contributed by atoms with Gasteiger partial charge in [-0.25, -0.2) is 0 Å². The van der Waals surface area contributed by atoms with E-state index < -0.39 is 0 Å². The topological polar surface area (TPSA) is 65.2 Å². The number of hydrogen-bond donors (Lipinski definition) is 2. The van der Waals surface area contributed by atoms with Gasteiger partial charge >= 0.3 is 0 Å². The predicted octanol–water partition coefficient (Wildman–Crippen LogP) is 2.84. The molecule has 1 rings (SSSR count). The molecule has 86 valence electrons. The zero-order valence-electron chi connectivity index (χ0n) is 9.68. The summed E-state index contributed by atoms with van der Waals surface area (Å²) >= 11 is 0. The molecule has 0 aliphatic heterocycles. The van der Waals surface area contributed by atoms with E-state index in [9.17, 15) is 0 Å². The van der Waals surface area contributed by atoms with Crippen LogP contribution in [0.1, 0.15) is 37.8 Å². The Morgan fingerprint density at radius 3 is 2.00 bits per heavy atom. The fourth-order valence-electron chi connectivity index (χ4n) is 1.41. The van der Waals surface area contributed by atoms with E-state index in [1.807, 2.05) is 24.3 Å². The molecule has 1 aromatic rings. The van der Waals surface area contributed by atoms with Gasteiger partial charge in [0.15, 0.2) is 0 Å². The van der Waals surface area contributed by atoms with Crippen molar-refractivity contribution in [3.8, 4) is 0 Å².